The van der Waals surface area contributed by atoms with Crippen molar-refractivity contribution in [1.29, 1.82) is 0 Å². The van der Waals surface area contributed by atoms with Crippen molar-refractivity contribution in [3.8, 4) is 33.4 Å². The lowest BCUT2D eigenvalue weighted by Gasteiger charge is -2.24. The Morgan fingerprint density at radius 3 is 2.25 bits per heavy atom. The molecular weight excluding hydrogens is 452 g/mol. The van der Waals surface area contributed by atoms with Crippen molar-refractivity contribution >= 4 is 33.3 Å². The molecule has 0 N–H and O–H groups in total. The molecule has 6 aromatic rings. The SMILES string of the molecule is CC1(C)c2cc(-c3cc4c5c(cccc5c3)Sc3ccccc3-4)ccc2-c2ccc3ccccc3c21. The van der Waals surface area contributed by atoms with Gasteiger partial charge >= 0.3 is 0 Å². The van der Waals surface area contributed by atoms with Gasteiger partial charge in [0.25, 0.3) is 0 Å². The molecule has 0 saturated carbocycles. The Balaban J connectivity index is 1.36. The Kier molecular flexibility index (Phi) is 4.03. The summed E-state index contributed by atoms with van der Waals surface area (Å²) in [5, 5.41) is 5.38. The minimum Gasteiger partial charge on any atom is -0.0888 e. The van der Waals surface area contributed by atoms with E-state index in [-0.39, 0.29) is 5.41 Å². The van der Waals surface area contributed by atoms with E-state index in [2.05, 4.69) is 123 Å². The lowest BCUT2D eigenvalue weighted by atomic mass is 9.79. The Bertz CT molecular complexity index is 1890. The van der Waals surface area contributed by atoms with Gasteiger partial charge in [0.1, 0.15) is 0 Å². The van der Waals surface area contributed by atoms with Crippen LogP contribution in [0.2, 0.25) is 0 Å². The number of hydrogen-bond donors (Lipinski definition) is 0. The molecular formula is C35H24S. The van der Waals surface area contributed by atoms with Crippen molar-refractivity contribution in [2.45, 2.75) is 29.1 Å². The molecule has 36 heavy (non-hydrogen) atoms. The van der Waals surface area contributed by atoms with E-state index in [0.717, 1.165) is 0 Å². The molecule has 1 aliphatic heterocycles. The van der Waals surface area contributed by atoms with Crippen LogP contribution in [0.1, 0.15) is 25.0 Å². The first-order valence-electron chi connectivity index (χ1n) is 12.6. The zero-order valence-corrected chi connectivity index (χ0v) is 21.1. The highest BCUT2D eigenvalue weighted by Gasteiger charge is 2.37. The number of fused-ring (bicyclic) bond motifs is 7. The lowest BCUT2D eigenvalue weighted by Crippen LogP contribution is -2.15. The summed E-state index contributed by atoms with van der Waals surface area (Å²) in [6, 6.07) is 40.8. The summed E-state index contributed by atoms with van der Waals surface area (Å²) in [4.78, 5) is 2.69. The molecule has 1 heterocycles. The van der Waals surface area contributed by atoms with Gasteiger partial charge in [-0.15, -0.1) is 0 Å². The van der Waals surface area contributed by atoms with Gasteiger partial charge < -0.3 is 0 Å². The van der Waals surface area contributed by atoms with Crippen LogP contribution in [0.3, 0.4) is 0 Å². The topological polar surface area (TPSA) is 0 Å². The van der Waals surface area contributed by atoms with Gasteiger partial charge in [-0.05, 0) is 91.0 Å². The first kappa shape index (κ1) is 20.4. The highest BCUT2D eigenvalue weighted by Crippen LogP contribution is 2.53. The lowest BCUT2D eigenvalue weighted by molar-refractivity contribution is 0.666. The molecule has 0 aromatic heterocycles. The number of hydrogen-bond acceptors (Lipinski definition) is 1. The van der Waals surface area contributed by atoms with Crippen LogP contribution in [0.4, 0.5) is 0 Å². The fourth-order valence-electron chi connectivity index (χ4n) is 6.53. The molecule has 6 aromatic carbocycles. The predicted octanol–water partition coefficient (Wildman–Crippen LogP) is 10.1. The monoisotopic (exact) mass is 476 g/mol. The summed E-state index contributed by atoms with van der Waals surface area (Å²) < 4.78 is 0. The van der Waals surface area contributed by atoms with Crippen molar-refractivity contribution < 1.29 is 0 Å². The molecule has 0 bridgehead atoms. The smallest absolute Gasteiger partial charge is 0.0207 e. The molecule has 8 rings (SSSR count). The van der Waals surface area contributed by atoms with Crippen LogP contribution in [-0.2, 0) is 5.41 Å². The number of rotatable bonds is 1. The van der Waals surface area contributed by atoms with Crippen LogP contribution in [0.5, 0.6) is 0 Å². The summed E-state index contributed by atoms with van der Waals surface area (Å²) in [6.07, 6.45) is 0. The zero-order chi connectivity index (χ0) is 24.0. The maximum Gasteiger partial charge on any atom is 0.0207 e. The summed E-state index contributed by atoms with van der Waals surface area (Å²) in [5.74, 6) is 0. The third-order valence-electron chi connectivity index (χ3n) is 8.21. The molecule has 0 saturated heterocycles. The maximum absolute atomic E-state index is 2.45. The van der Waals surface area contributed by atoms with E-state index in [0.29, 0.717) is 0 Å². The average Bonchev–Trinajstić information content (AvgIpc) is 3.15. The quantitative estimate of drug-likeness (QED) is 0.227. The fraction of sp³-hybridized carbons (Fsp3) is 0.0857. The standard InChI is InChI=1S/C35H24S/c1-35(2)30-20-22(15-16-26(30)28-17-14-21-8-3-4-10-25(21)34(28)35)24-18-23-9-7-13-32-33(23)29(19-24)27-11-5-6-12-31(27)36-32/h3-20H,1-2H3. The average molecular weight is 477 g/mol. The van der Waals surface area contributed by atoms with E-state index in [1.165, 1.54) is 75.8 Å². The van der Waals surface area contributed by atoms with E-state index >= 15 is 0 Å². The first-order chi connectivity index (χ1) is 17.6. The molecule has 2 aliphatic rings. The molecule has 0 radical (unpaired) electrons. The minimum atomic E-state index is -0.0525. The molecule has 170 valence electrons. The Labute approximate surface area is 215 Å². The summed E-state index contributed by atoms with van der Waals surface area (Å²) >= 11 is 1.89. The van der Waals surface area contributed by atoms with Crippen LogP contribution >= 0.6 is 11.8 Å². The highest BCUT2D eigenvalue weighted by atomic mass is 32.2. The molecule has 1 aliphatic carbocycles. The molecule has 0 fully saturated rings. The van der Waals surface area contributed by atoms with E-state index in [1.807, 2.05) is 11.8 Å². The van der Waals surface area contributed by atoms with Crippen molar-refractivity contribution in [2.24, 2.45) is 0 Å². The highest BCUT2D eigenvalue weighted by molar-refractivity contribution is 7.99. The van der Waals surface area contributed by atoms with Crippen LogP contribution in [0, 0.1) is 0 Å². The third kappa shape index (κ3) is 2.67. The van der Waals surface area contributed by atoms with Crippen molar-refractivity contribution in [3.05, 3.63) is 120 Å². The van der Waals surface area contributed by atoms with Gasteiger partial charge in [-0.3, -0.25) is 0 Å². The maximum atomic E-state index is 2.45. The zero-order valence-electron chi connectivity index (χ0n) is 20.3. The third-order valence-corrected chi connectivity index (χ3v) is 9.34. The second-order valence-electron chi connectivity index (χ2n) is 10.6. The molecule has 0 unspecified atom stereocenters. The van der Waals surface area contributed by atoms with Gasteiger partial charge in [0.15, 0.2) is 0 Å². The molecule has 0 spiro atoms. The van der Waals surface area contributed by atoms with E-state index < -0.39 is 0 Å². The van der Waals surface area contributed by atoms with Crippen LogP contribution < -0.4 is 0 Å². The Hall–Kier alpha value is -3.81. The Morgan fingerprint density at radius 1 is 0.528 bits per heavy atom. The second-order valence-corrected chi connectivity index (χ2v) is 11.7. The van der Waals surface area contributed by atoms with Crippen LogP contribution in [-0.4, -0.2) is 0 Å². The fourth-order valence-corrected chi connectivity index (χ4v) is 7.68. The van der Waals surface area contributed by atoms with Crippen molar-refractivity contribution in [2.75, 3.05) is 0 Å². The molecule has 1 heteroatoms. The summed E-state index contributed by atoms with van der Waals surface area (Å²) in [7, 11) is 0. The largest absolute Gasteiger partial charge is 0.0888 e. The summed E-state index contributed by atoms with van der Waals surface area (Å²) in [5.41, 5.74) is 10.8. The van der Waals surface area contributed by atoms with E-state index in [4.69, 9.17) is 0 Å². The molecule has 0 amide bonds. The molecule has 0 atom stereocenters. The molecule has 0 nitrogen and oxygen atoms in total. The minimum absolute atomic E-state index is 0.0525. The van der Waals surface area contributed by atoms with Gasteiger partial charge in [-0.25, -0.2) is 0 Å². The predicted molar refractivity (Wildman–Crippen MR) is 154 cm³/mol. The first-order valence-corrected chi connectivity index (χ1v) is 13.4. The number of benzene rings is 6. The van der Waals surface area contributed by atoms with Crippen molar-refractivity contribution in [3.63, 3.8) is 0 Å². The van der Waals surface area contributed by atoms with Gasteiger partial charge in [-0.1, -0.05) is 104 Å². The van der Waals surface area contributed by atoms with Gasteiger partial charge in [0, 0.05) is 20.6 Å². The van der Waals surface area contributed by atoms with Gasteiger partial charge in [0.05, 0.1) is 0 Å². The van der Waals surface area contributed by atoms with Crippen LogP contribution in [0.25, 0.3) is 54.9 Å². The van der Waals surface area contributed by atoms with E-state index in [1.54, 1.807) is 0 Å². The normalized spacial score (nSPS) is 14.5. The van der Waals surface area contributed by atoms with E-state index in [9.17, 15) is 0 Å². The summed E-state index contributed by atoms with van der Waals surface area (Å²) in [6.45, 7) is 4.77. The second kappa shape index (κ2) is 7.12. The Morgan fingerprint density at radius 2 is 1.31 bits per heavy atom. The van der Waals surface area contributed by atoms with Crippen molar-refractivity contribution in [1.82, 2.24) is 0 Å². The van der Waals surface area contributed by atoms with Gasteiger partial charge in [0.2, 0.25) is 0 Å². The van der Waals surface area contributed by atoms with Gasteiger partial charge in [-0.2, -0.15) is 0 Å². The van der Waals surface area contributed by atoms with Crippen LogP contribution in [0.15, 0.2) is 119 Å².